The number of morpholine rings is 1. The molecule has 0 saturated carbocycles. The van der Waals surface area contributed by atoms with Crippen LogP contribution in [-0.4, -0.2) is 57.2 Å². The summed E-state index contributed by atoms with van der Waals surface area (Å²) in [6.07, 6.45) is 0.247. The number of benzene rings is 1. The third-order valence-electron chi connectivity index (χ3n) is 3.44. The van der Waals surface area contributed by atoms with Gasteiger partial charge in [-0.3, -0.25) is 5.41 Å². The lowest BCUT2D eigenvalue weighted by Crippen LogP contribution is -2.45. The lowest BCUT2D eigenvalue weighted by Gasteiger charge is -2.33. The van der Waals surface area contributed by atoms with Crippen LogP contribution in [0.4, 0.5) is 5.69 Å². The van der Waals surface area contributed by atoms with Gasteiger partial charge in [-0.1, -0.05) is 0 Å². The maximum Gasteiger partial charge on any atom is 0.122 e. The number of nitrogen functional groups attached to an aromatic ring is 1. The van der Waals surface area contributed by atoms with Crippen molar-refractivity contribution in [3.8, 4) is 0 Å². The molecule has 0 radical (unpaired) electrons. The summed E-state index contributed by atoms with van der Waals surface area (Å²) >= 11 is 0. The molecule has 2 rings (SSSR count). The Kier molecular flexibility index (Phi) is 4.39. The number of nitrogens with two attached hydrogens (primary N) is 1. The molecule has 0 aromatic heterocycles. The number of hydrogen-bond acceptors (Lipinski definition) is 4. The van der Waals surface area contributed by atoms with E-state index < -0.39 is 0 Å². The van der Waals surface area contributed by atoms with Gasteiger partial charge in [-0.25, -0.2) is 0 Å². The molecule has 1 saturated heterocycles. The minimum Gasteiger partial charge on any atom is -0.384 e. The Morgan fingerprint density at radius 3 is 2.74 bits per heavy atom. The summed E-state index contributed by atoms with van der Waals surface area (Å²) in [6, 6.07) is 7.73. The number of ether oxygens (including phenoxy) is 1. The molecule has 19 heavy (non-hydrogen) atoms. The van der Waals surface area contributed by atoms with Crippen LogP contribution in [0.1, 0.15) is 5.56 Å². The fourth-order valence-electron chi connectivity index (χ4n) is 2.28. The van der Waals surface area contributed by atoms with Gasteiger partial charge in [0.2, 0.25) is 0 Å². The van der Waals surface area contributed by atoms with Gasteiger partial charge in [0, 0.05) is 37.9 Å². The van der Waals surface area contributed by atoms with Crippen LogP contribution in [0.25, 0.3) is 0 Å². The van der Waals surface area contributed by atoms with Crippen LogP contribution in [0.2, 0.25) is 0 Å². The molecule has 1 fully saturated rings. The molecule has 5 nitrogen and oxygen atoms in total. The van der Waals surface area contributed by atoms with Gasteiger partial charge in [0.1, 0.15) is 5.84 Å². The Balaban J connectivity index is 1.95. The molecular weight excluding hydrogens is 240 g/mol. The molecule has 1 heterocycles. The Morgan fingerprint density at radius 1 is 1.47 bits per heavy atom. The fourth-order valence-corrected chi connectivity index (χ4v) is 2.28. The number of nitrogens with one attached hydrogen (secondary N) is 1. The number of anilines is 1. The van der Waals surface area contributed by atoms with E-state index in [0.29, 0.717) is 0 Å². The van der Waals surface area contributed by atoms with Gasteiger partial charge in [0.15, 0.2) is 0 Å². The molecular formula is C14H22N4O. The van der Waals surface area contributed by atoms with E-state index in [-0.39, 0.29) is 11.9 Å². The average Bonchev–Trinajstić information content (AvgIpc) is 2.39. The Bertz CT molecular complexity index is 432. The molecule has 1 aromatic rings. The Morgan fingerprint density at radius 2 is 2.16 bits per heavy atom. The molecule has 104 valence electrons. The van der Waals surface area contributed by atoms with Crippen molar-refractivity contribution < 1.29 is 4.74 Å². The second-order valence-electron chi connectivity index (χ2n) is 5.10. The van der Waals surface area contributed by atoms with Crippen molar-refractivity contribution in [1.29, 1.82) is 5.41 Å². The standard InChI is InChI=1S/C14H22N4O/c1-17-7-8-19-13(9-17)10-18(2)12-5-3-11(4-6-12)14(15)16/h3-6,13H,7-10H2,1-2H3,(H3,15,16). The third kappa shape index (κ3) is 3.68. The van der Waals surface area contributed by atoms with E-state index >= 15 is 0 Å². The zero-order chi connectivity index (χ0) is 13.8. The zero-order valence-corrected chi connectivity index (χ0v) is 11.6. The van der Waals surface area contributed by atoms with E-state index in [2.05, 4.69) is 23.9 Å². The van der Waals surface area contributed by atoms with Crippen molar-refractivity contribution >= 4 is 11.5 Å². The lowest BCUT2D eigenvalue weighted by molar-refractivity contribution is -0.0143. The van der Waals surface area contributed by atoms with Gasteiger partial charge in [-0.05, 0) is 31.3 Å². The number of hydrogen-bond donors (Lipinski definition) is 2. The highest BCUT2D eigenvalue weighted by Crippen LogP contribution is 2.15. The fraction of sp³-hybridized carbons (Fsp3) is 0.500. The zero-order valence-electron chi connectivity index (χ0n) is 11.6. The van der Waals surface area contributed by atoms with E-state index in [1.54, 1.807) is 0 Å². The highest BCUT2D eigenvalue weighted by Gasteiger charge is 2.19. The molecule has 0 spiro atoms. The SMILES string of the molecule is CN1CCOC(CN(C)c2ccc(C(=N)N)cc2)C1. The van der Waals surface area contributed by atoms with Gasteiger partial charge in [0.05, 0.1) is 12.7 Å². The molecule has 5 heteroatoms. The summed E-state index contributed by atoms with van der Waals surface area (Å²) in [7, 11) is 4.18. The summed E-state index contributed by atoms with van der Waals surface area (Å²) in [6.45, 7) is 3.64. The van der Waals surface area contributed by atoms with Gasteiger partial charge >= 0.3 is 0 Å². The highest BCUT2D eigenvalue weighted by atomic mass is 16.5. The van der Waals surface area contributed by atoms with Crippen LogP contribution in [-0.2, 0) is 4.74 Å². The third-order valence-corrected chi connectivity index (χ3v) is 3.44. The minimum atomic E-state index is 0.103. The topological polar surface area (TPSA) is 65.6 Å². The van der Waals surface area contributed by atoms with Crippen molar-refractivity contribution in [3.05, 3.63) is 29.8 Å². The molecule has 1 aliphatic heterocycles. The van der Waals surface area contributed by atoms with Crippen LogP contribution in [0, 0.1) is 5.41 Å². The van der Waals surface area contributed by atoms with Crippen molar-refractivity contribution in [2.75, 3.05) is 45.2 Å². The Hall–Kier alpha value is -1.59. The van der Waals surface area contributed by atoms with Gasteiger partial charge < -0.3 is 20.3 Å². The van der Waals surface area contributed by atoms with E-state index in [4.69, 9.17) is 15.9 Å². The number of nitrogens with zero attached hydrogens (tertiary/aromatic N) is 2. The first kappa shape index (κ1) is 13.8. The monoisotopic (exact) mass is 262 g/mol. The summed E-state index contributed by atoms with van der Waals surface area (Å²) in [5.41, 5.74) is 7.32. The molecule has 1 unspecified atom stereocenters. The van der Waals surface area contributed by atoms with Gasteiger partial charge in [-0.15, -0.1) is 0 Å². The smallest absolute Gasteiger partial charge is 0.122 e. The normalized spacial score (nSPS) is 20.2. The number of likely N-dealkylation sites (N-methyl/N-ethyl adjacent to an activating group) is 2. The molecule has 0 bridgehead atoms. The molecule has 3 N–H and O–H groups in total. The maximum absolute atomic E-state index is 7.38. The van der Waals surface area contributed by atoms with Crippen LogP contribution in [0.5, 0.6) is 0 Å². The molecule has 1 aliphatic rings. The second kappa shape index (κ2) is 6.04. The average molecular weight is 262 g/mol. The molecule has 0 amide bonds. The molecule has 1 atom stereocenters. The first-order valence-corrected chi connectivity index (χ1v) is 6.52. The highest BCUT2D eigenvalue weighted by molar-refractivity contribution is 5.95. The van der Waals surface area contributed by atoms with Crippen molar-refractivity contribution in [2.45, 2.75) is 6.10 Å². The van der Waals surface area contributed by atoms with Crippen molar-refractivity contribution in [1.82, 2.24) is 4.90 Å². The van der Waals surface area contributed by atoms with Crippen LogP contribution in [0.15, 0.2) is 24.3 Å². The predicted molar refractivity (Wildman–Crippen MR) is 78.0 cm³/mol. The predicted octanol–water partition coefficient (Wildman–Crippen LogP) is 0.737. The van der Waals surface area contributed by atoms with E-state index in [0.717, 1.165) is 37.5 Å². The lowest BCUT2D eigenvalue weighted by atomic mass is 10.1. The minimum absolute atomic E-state index is 0.103. The molecule has 0 aliphatic carbocycles. The van der Waals surface area contributed by atoms with Crippen LogP contribution < -0.4 is 10.6 Å². The quantitative estimate of drug-likeness (QED) is 0.620. The van der Waals surface area contributed by atoms with E-state index in [1.165, 1.54) is 0 Å². The second-order valence-corrected chi connectivity index (χ2v) is 5.10. The maximum atomic E-state index is 7.38. The largest absolute Gasteiger partial charge is 0.384 e. The number of amidine groups is 1. The summed E-state index contributed by atoms with van der Waals surface area (Å²) < 4.78 is 5.77. The summed E-state index contributed by atoms with van der Waals surface area (Å²) in [4.78, 5) is 4.47. The first-order valence-electron chi connectivity index (χ1n) is 6.52. The number of rotatable bonds is 4. The van der Waals surface area contributed by atoms with Crippen LogP contribution >= 0.6 is 0 Å². The van der Waals surface area contributed by atoms with Gasteiger partial charge in [-0.2, -0.15) is 0 Å². The van der Waals surface area contributed by atoms with Gasteiger partial charge in [0.25, 0.3) is 0 Å². The first-order chi connectivity index (χ1) is 9.06. The summed E-state index contributed by atoms with van der Waals surface area (Å²) in [5.74, 6) is 0.103. The van der Waals surface area contributed by atoms with Crippen molar-refractivity contribution in [3.63, 3.8) is 0 Å². The van der Waals surface area contributed by atoms with Crippen molar-refractivity contribution in [2.24, 2.45) is 5.73 Å². The molecule has 1 aromatic carbocycles. The van der Waals surface area contributed by atoms with E-state index in [9.17, 15) is 0 Å². The Labute approximate surface area is 114 Å². The van der Waals surface area contributed by atoms with Crippen LogP contribution in [0.3, 0.4) is 0 Å². The summed E-state index contributed by atoms with van der Waals surface area (Å²) in [5, 5.41) is 7.38. The van der Waals surface area contributed by atoms with E-state index in [1.807, 2.05) is 24.3 Å².